The van der Waals surface area contributed by atoms with Gasteiger partial charge in [0.05, 0.1) is 22.7 Å². The minimum absolute atomic E-state index is 0.578. The highest BCUT2D eigenvalue weighted by Crippen LogP contribution is 2.40. The highest BCUT2D eigenvalue weighted by atomic mass is 35.5. The largest absolute Gasteiger partial charge is 0.328 e. The van der Waals surface area contributed by atoms with Gasteiger partial charge in [-0.05, 0) is 36.5 Å². The van der Waals surface area contributed by atoms with Crippen LogP contribution in [0.5, 0.6) is 0 Å². The van der Waals surface area contributed by atoms with Gasteiger partial charge in [0.2, 0.25) is 0 Å². The first-order chi connectivity index (χ1) is 9.22. The van der Waals surface area contributed by atoms with Gasteiger partial charge in [-0.2, -0.15) is 5.26 Å². The maximum Gasteiger partial charge on any atom is 0.111 e. The lowest BCUT2D eigenvalue weighted by atomic mass is 10.2. The predicted molar refractivity (Wildman–Crippen MR) is 76.1 cm³/mol. The Morgan fingerprint density at radius 3 is 2.95 bits per heavy atom. The monoisotopic (exact) mass is 273 g/mol. The van der Waals surface area contributed by atoms with Crippen LogP contribution in [-0.2, 0) is 13.0 Å². The van der Waals surface area contributed by atoms with E-state index in [0.29, 0.717) is 11.4 Å². The van der Waals surface area contributed by atoms with Gasteiger partial charge in [0.1, 0.15) is 5.82 Å². The van der Waals surface area contributed by atoms with Crippen LogP contribution in [0.3, 0.4) is 0 Å². The minimum Gasteiger partial charge on any atom is -0.328 e. The summed E-state index contributed by atoms with van der Waals surface area (Å²) in [5, 5.41) is 9.03. The minimum atomic E-state index is 0.578. The normalized spacial score (nSPS) is 21.5. The molecule has 1 saturated carbocycles. The fourth-order valence-corrected chi connectivity index (χ4v) is 2.78. The molecule has 0 aliphatic heterocycles. The number of nitrogens with zero attached hydrogens (tertiary/aromatic N) is 3. The van der Waals surface area contributed by atoms with Crippen molar-refractivity contribution in [1.29, 1.82) is 5.26 Å². The number of aryl methyl sites for hydroxylation is 1. The van der Waals surface area contributed by atoms with Crippen LogP contribution < -0.4 is 0 Å². The first-order valence-corrected chi connectivity index (χ1v) is 7.21. The third-order valence-corrected chi connectivity index (χ3v) is 4.16. The van der Waals surface area contributed by atoms with Crippen molar-refractivity contribution < 1.29 is 0 Å². The smallest absolute Gasteiger partial charge is 0.111 e. The third kappa shape index (κ3) is 2.33. The zero-order valence-electron chi connectivity index (χ0n) is 10.9. The molecule has 1 fully saturated rings. The molecule has 1 aliphatic carbocycles. The Bertz CT molecular complexity index is 653. The first kappa shape index (κ1) is 12.5. The molecule has 19 heavy (non-hydrogen) atoms. The summed E-state index contributed by atoms with van der Waals surface area (Å²) in [6.45, 7) is 3.28. The SMILES string of the molecule is CC1CC1Cn1c(CCCl)nc2ccc(C#N)cc21. The van der Waals surface area contributed by atoms with E-state index in [0.717, 1.165) is 41.7 Å². The molecule has 3 rings (SSSR count). The number of fused-ring (bicyclic) bond motifs is 1. The average molecular weight is 274 g/mol. The molecule has 98 valence electrons. The molecule has 1 heterocycles. The zero-order chi connectivity index (χ0) is 13.4. The summed E-state index contributed by atoms with van der Waals surface area (Å²) in [4.78, 5) is 4.65. The molecule has 1 aromatic carbocycles. The van der Waals surface area contributed by atoms with Gasteiger partial charge in [0.25, 0.3) is 0 Å². The van der Waals surface area contributed by atoms with E-state index in [1.165, 1.54) is 6.42 Å². The van der Waals surface area contributed by atoms with Crippen LogP contribution in [0.1, 0.15) is 24.7 Å². The van der Waals surface area contributed by atoms with Crippen LogP contribution in [0.2, 0.25) is 0 Å². The van der Waals surface area contributed by atoms with E-state index in [9.17, 15) is 0 Å². The van der Waals surface area contributed by atoms with Gasteiger partial charge in [0.15, 0.2) is 0 Å². The van der Waals surface area contributed by atoms with Crippen molar-refractivity contribution >= 4 is 22.6 Å². The Kier molecular flexibility index (Phi) is 3.20. The number of nitriles is 1. The highest BCUT2D eigenvalue weighted by Gasteiger charge is 2.33. The molecule has 0 amide bonds. The van der Waals surface area contributed by atoms with Crippen molar-refractivity contribution in [2.45, 2.75) is 26.3 Å². The quantitative estimate of drug-likeness (QED) is 0.802. The Morgan fingerprint density at radius 2 is 2.32 bits per heavy atom. The summed E-state index contributed by atoms with van der Waals surface area (Å²) in [7, 11) is 0. The van der Waals surface area contributed by atoms with Gasteiger partial charge >= 0.3 is 0 Å². The number of alkyl halides is 1. The van der Waals surface area contributed by atoms with E-state index in [4.69, 9.17) is 16.9 Å². The zero-order valence-corrected chi connectivity index (χ0v) is 11.7. The molecule has 2 unspecified atom stereocenters. The van der Waals surface area contributed by atoms with E-state index in [1.54, 1.807) is 0 Å². The maximum absolute atomic E-state index is 9.03. The Balaban J connectivity index is 2.07. The van der Waals surface area contributed by atoms with Crippen LogP contribution in [0, 0.1) is 23.2 Å². The summed E-state index contributed by atoms with van der Waals surface area (Å²) in [6, 6.07) is 7.89. The van der Waals surface area contributed by atoms with E-state index in [1.807, 2.05) is 18.2 Å². The average Bonchev–Trinajstić information content (AvgIpc) is 3.00. The molecule has 0 N–H and O–H groups in total. The van der Waals surface area contributed by atoms with Crippen molar-refractivity contribution in [2.75, 3.05) is 5.88 Å². The summed E-state index contributed by atoms with van der Waals surface area (Å²) in [6.07, 6.45) is 2.07. The van der Waals surface area contributed by atoms with Crippen molar-refractivity contribution in [1.82, 2.24) is 9.55 Å². The molecular formula is C15H16ClN3. The predicted octanol–water partition coefficient (Wildman–Crippen LogP) is 3.35. The lowest BCUT2D eigenvalue weighted by Gasteiger charge is -2.07. The summed E-state index contributed by atoms with van der Waals surface area (Å²) >= 11 is 5.87. The van der Waals surface area contributed by atoms with Crippen LogP contribution >= 0.6 is 11.6 Å². The number of benzene rings is 1. The van der Waals surface area contributed by atoms with Crippen molar-refractivity contribution in [3.63, 3.8) is 0 Å². The van der Waals surface area contributed by atoms with Gasteiger partial charge in [-0.25, -0.2) is 4.98 Å². The lowest BCUT2D eigenvalue weighted by molar-refractivity contribution is 0.585. The Morgan fingerprint density at radius 1 is 1.53 bits per heavy atom. The second-order valence-corrected chi connectivity index (χ2v) is 5.74. The summed E-state index contributed by atoms with van der Waals surface area (Å²) in [5.41, 5.74) is 2.72. The lowest BCUT2D eigenvalue weighted by Crippen LogP contribution is -2.07. The number of hydrogen-bond acceptors (Lipinski definition) is 2. The van der Waals surface area contributed by atoms with Crippen molar-refractivity contribution in [3.8, 4) is 6.07 Å². The Labute approximate surface area is 117 Å². The van der Waals surface area contributed by atoms with Crippen LogP contribution in [0.15, 0.2) is 18.2 Å². The number of hydrogen-bond donors (Lipinski definition) is 0. The van der Waals surface area contributed by atoms with E-state index in [-0.39, 0.29) is 0 Å². The van der Waals surface area contributed by atoms with Gasteiger partial charge in [-0.15, -0.1) is 11.6 Å². The number of aromatic nitrogens is 2. The van der Waals surface area contributed by atoms with Gasteiger partial charge in [-0.3, -0.25) is 0 Å². The number of rotatable bonds is 4. The van der Waals surface area contributed by atoms with E-state index in [2.05, 4.69) is 22.5 Å². The fraction of sp³-hybridized carbons (Fsp3) is 0.467. The van der Waals surface area contributed by atoms with Crippen molar-refractivity contribution in [2.24, 2.45) is 11.8 Å². The van der Waals surface area contributed by atoms with Crippen LogP contribution in [-0.4, -0.2) is 15.4 Å². The third-order valence-electron chi connectivity index (χ3n) is 3.97. The van der Waals surface area contributed by atoms with Crippen LogP contribution in [0.4, 0.5) is 0 Å². The second kappa shape index (κ2) is 4.86. The summed E-state index contributed by atoms with van der Waals surface area (Å²) < 4.78 is 2.26. The van der Waals surface area contributed by atoms with E-state index >= 15 is 0 Å². The Hall–Kier alpha value is -1.53. The molecule has 0 bridgehead atoms. The second-order valence-electron chi connectivity index (χ2n) is 5.37. The molecule has 3 nitrogen and oxygen atoms in total. The molecule has 2 atom stereocenters. The maximum atomic E-state index is 9.03. The molecule has 4 heteroatoms. The molecule has 1 aromatic heterocycles. The van der Waals surface area contributed by atoms with Crippen LogP contribution in [0.25, 0.3) is 11.0 Å². The first-order valence-electron chi connectivity index (χ1n) is 6.68. The molecule has 1 aliphatic rings. The molecule has 0 saturated heterocycles. The number of halogens is 1. The standard InChI is InChI=1S/C15H16ClN3/c1-10-6-12(10)9-19-14-7-11(8-17)2-3-13(14)18-15(19)4-5-16/h2-3,7,10,12H,4-6,9H2,1H3. The topological polar surface area (TPSA) is 41.6 Å². The molecule has 0 radical (unpaired) electrons. The van der Waals surface area contributed by atoms with Gasteiger partial charge in [0, 0.05) is 18.8 Å². The summed E-state index contributed by atoms with van der Waals surface area (Å²) in [5.74, 6) is 3.17. The van der Waals surface area contributed by atoms with Gasteiger partial charge < -0.3 is 4.57 Å². The molecule has 2 aromatic rings. The highest BCUT2D eigenvalue weighted by molar-refractivity contribution is 6.17. The number of imidazole rings is 1. The van der Waals surface area contributed by atoms with Gasteiger partial charge in [-0.1, -0.05) is 6.92 Å². The molecule has 0 spiro atoms. The van der Waals surface area contributed by atoms with E-state index < -0.39 is 0 Å². The molecular weight excluding hydrogens is 258 g/mol. The fourth-order valence-electron chi connectivity index (χ4n) is 2.61. The van der Waals surface area contributed by atoms with Crippen molar-refractivity contribution in [3.05, 3.63) is 29.6 Å².